The molecule has 0 saturated carbocycles. The van der Waals surface area contributed by atoms with Crippen LogP contribution in [-0.2, 0) is 11.3 Å². The molecule has 1 aliphatic heterocycles. The molecule has 1 aromatic rings. The summed E-state index contributed by atoms with van der Waals surface area (Å²) in [7, 11) is 0. The van der Waals surface area contributed by atoms with E-state index in [1.54, 1.807) is 12.1 Å². The van der Waals surface area contributed by atoms with Crippen LogP contribution in [0, 0.1) is 6.92 Å². The fraction of sp³-hybridized carbons (Fsp3) is 0.200. The molecule has 0 aromatic heterocycles. The summed E-state index contributed by atoms with van der Waals surface area (Å²) in [6.45, 7) is 2.06. The maximum atomic E-state index is 11.2. The molecule has 13 heavy (non-hydrogen) atoms. The maximum Gasteiger partial charge on any atom is 0.339 e. The van der Waals surface area contributed by atoms with Crippen LogP contribution in [0.5, 0.6) is 0 Å². The van der Waals surface area contributed by atoms with Crippen molar-refractivity contribution in [3.63, 3.8) is 0 Å². The highest BCUT2D eigenvalue weighted by molar-refractivity contribution is 5.97. The topological polar surface area (TPSA) is 43.4 Å². The average molecular weight is 176 g/mol. The molecule has 0 fully saturated rings. The van der Waals surface area contributed by atoms with E-state index in [1.807, 2.05) is 6.92 Å². The van der Waals surface area contributed by atoms with Gasteiger partial charge in [-0.1, -0.05) is 12.1 Å². The fourth-order valence-electron chi connectivity index (χ4n) is 1.54. The van der Waals surface area contributed by atoms with Crippen LogP contribution >= 0.6 is 0 Å². The van der Waals surface area contributed by atoms with Gasteiger partial charge in [-0.2, -0.15) is 0 Å². The van der Waals surface area contributed by atoms with Gasteiger partial charge in [-0.3, -0.25) is 4.79 Å². The van der Waals surface area contributed by atoms with Crippen LogP contribution in [0.1, 0.15) is 31.8 Å². The molecular formula is C10H8O3. The van der Waals surface area contributed by atoms with E-state index in [2.05, 4.69) is 0 Å². The third-order valence-corrected chi connectivity index (χ3v) is 2.24. The zero-order valence-corrected chi connectivity index (χ0v) is 7.16. The van der Waals surface area contributed by atoms with E-state index in [0.29, 0.717) is 11.1 Å². The molecule has 0 bridgehead atoms. The number of fused-ring (bicyclic) bond motifs is 1. The number of benzene rings is 1. The van der Waals surface area contributed by atoms with Crippen LogP contribution in [0.25, 0.3) is 0 Å². The van der Waals surface area contributed by atoms with Gasteiger partial charge >= 0.3 is 5.97 Å². The van der Waals surface area contributed by atoms with Crippen molar-refractivity contribution in [1.29, 1.82) is 0 Å². The molecule has 1 aromatic carbocycles. The number of cyclic esters (lactones) is 1. The van der Waals surface area contributed by atoms with Crippen molar-refractivity contribution in [2.75, 3.05) is 0 Å². The number of carbonyl (C=O) groups excluding carboxylic acids is 2. The number of aldehydes is 1. The van der Waals surface area contributed by atoms with Gasteiger partial charge in [0.1, 0.15) is 12.9 Å². The fourth-order valence-corrected chi connectivity index (χ4v) is 1.54. The lowest BCUT2D eigenvalue weighted by Crippen LogP contribution is -1.98. The molecule has 0 radical (unpaired) electrons. The van der Waals surface area contributed by atoms with Crippen molar-refractivity contribution in [3.8, 4) is 0 Å². The molecule has 0 N–H and O–H groups in total. The summed E-state index contributed by atoms with van der Waals surface area (Å²) in [6, 6.07) is 3.47. The Kier molecular flexibility index (Phi) is 1.65. The van der Waals surface area contributed by atoms with Crippen LogP contribution in [0.2, 0.25) is 0 Å². The monoisotopic (exact) mass is 176 g/mol. The summed E-state index contributed by atoms with van der Waals surface area (Å²) >= 11 is 0. The minimum absolute atomic E-state index is 0.226. The quantitative estimate of drug-likeness (QED) is 0.480. The number of hydrogen-bond donors (Lipinski definition) is 0. The van der Waals surface area contributed by atoms with Crippen molar-refractivity contribution in [2.45, 2.75) is 13.5 Å². The largest absolute Gasteiger partial charge is 0.457 e. The zero-order chi connectivity index (χ0) is 9.42. The normalized spacial score (nSPS) is 13.8. The van der Waals surface area contributed by atoms with Crippen LogP contribution in [0.15, 0.2) is 12.1 Å². The molecule has 3 heteroatoms. The summed E-state index contributed by atoms with van der Waals surface area (Å²) in [5.41, 5.74) is 2.69. The molecular weight excluding hydrogens is 168 g/mol. The lowest BCUT2D eigenvalue weighted by Gasteiger charge is -2.00. The Hall–Kier alpha value is -1.64. The van der Waals surface area contributed by atoms with Crippen molar-refractivity contribution in [2.24, 2.45) is 0 Å². The average Bonchev–Trinajstić information content (AvgIpc) is 2.50. The molecule has 0 unspecified atom stereocenters. The lowest BCUT2D eigenvalue weighted by atomic mass is 9.99. The lowest BCUT2D eigenvalue weighted by molar-refractivity contribution is 0.0534. The van der Waals surface area contributed by atoms with E-state index >= 15 is 0 Å². The highest BCUT2D eigenvalue weighted by Crippen LogP contribution is 2.25. The summed E-state index contributed by atoms with van der Waals surface area (Å²) in [5, 5.41) is 0. The number of esters is 1. The van der Waals surface area contributed by atoms with Gasteiger partial charge in [-0.15, -0.1) is 0 Å². The number of ether oxygens (including phenoxy) is 1. The second kappa shape index (κ2) is 2.69. The Bertz CT molecular complexity index is 393. The van der Waals surface area contributed by atoms with Crippen LogP contribution in [0.4, 0.5) is 0 Å². The molecule has 0 amide bonds. The van der Waals surface area contributed by atoms with Crippen molar-refractivity contribution in [3.05, 3.63) is 34.4 Å². The van der Waals surface area contributed by atoms with E-state index < -0.39 is 0 Å². The molecule has 0 saturated heterocycles. The second-order valence-electron chi connectivity index (χ2n) is 3.02. The SMILES string of the molecule is Cc1ccc(C=O)c2c1C(=O)OC2. The van der Waals surface area contributed by atoms with Crippen LogP contribution in [0.3, 0.4) is 0 Å². The van der Waals surface area contributed by atoms with Crippen molar-refractivity contribution >= 4 is 12.3 Å². The molecule has 3 nitrogen and oxygen atoms in total. The molecule has 1 heterocycles. The molecule has 2 rings (SSSR count). The standard InChI is InChI=1S/C10H8O3/c1-6-2-3-7(4-11)8-5-13-10(12)9(6)8/h2-4H,5H2,1H3. The zero-order valence-electron chi connectivity index (χ0n) is 7.16. The van der Waals surface area contributed by atoms with Crippen LogP contribution < -0.4 is 0 Å². The minimum atomic E-state index is -0.323. The molecule has 0 atom stereocenters. The minimum Gasteiger partial charge on any atom is -0.457 e. The first-order valence-electron chi connectivity index (χ1n) is 3.99. The molecule has 1 aliphatic rings. The van der Waals surface area contributed by atoms with Gasteiger partial charge in [0.2, 0.25) is 0 Å². The Morgan fingerprint density at radius 2 is 2.23 bits per heavy atom. The van der Waals surface area contributed by atoms with Gasteiger partial charge in [-0.05, 0) is 12.5 Å². The van der Waals surface area contributed by atoms with Crippen molar-refractivity contribution < 1.29 is 14.3 Å². The van der Waals surface area contributed by atoms with Crippen molar-refractivity contribution in [1.82, 2.24) is 0 Å². The van der Waals surface area contributed by atoms with E-state index in [-0.39, 0.29) is 12.6 Å². The van der Waals surface area contributed by atoms with Gasteiger partial charge in [0.15, 0.2) is 0 Å². The Morgan fingerprint density at radius 1 is 1.46 bits per heavy atom. The third kappa shape index (κ3) is 1.04. The smallest absolute Gasteiger partial charge is 0.339 e. The highest BCUT2D eigenvalue weighted by Gasteiger charge is 2.25. The van der Waals surface area contributed by atoms with Gasteiger partial charge in [0.25, 0.3) is 0 Å². The number of rotatable bonds is 1. The summed E-state index contributed by atoms with van der Waals surface area (Å²) < 4.78 is 4.85. The second-order valence-corrected chi connectivity index (χ2v) is 3.02. The molecule has 66 valence electrons. The Balaban J connectivity index is 2.72. The first-order valence-corrected chi connectivity index (χ1v) is 3.99. The van der Waals surface area contributed by atoms with E-state index in [4.69, 9.17) is 4.74 Å². The van der Waals surface area contributed by atoms with Gasteiger partial charge in [0, 0.05) is 11.1 Å². The first-order chi connectivity index (χ1) is 6.24. The van der Waals surface area contributed by atoms with E-state index in [0.717, 1.165) is 17.4 Å². The Morgan fingerprint density at radius 3 is 2.92 bits per heavy atom. The number of aryl methyl sites for hydroxylation is 1. The van der Waals surface area contributed by atoms with E-state index in [9.17, 15) is 9.59 Å². The maximum absolute atomic E-state index is 11.2. The van der Waals surface area contributed by atoms with E-state index in [1.165, 1.54) is 0 Å². The highest BCUT2D eigenvalue weighted by atomic mass is 16.5. The molecule has 0 spiro atoms. The van der Waals surface area contributed by atoms with Gasteiger partial charge in [0.05, 0.1) is 5.56 Å². The number of carbonyl (C=O) groups is 2. The first kappa shape index (κ1) is 7.98. The Labute approximate surface area is 75.3 Å². The summed E-state index contributed by atoms with van der Waals surface area (Å²) in [5.74, 6) is -0.323. The molecule has 0 aliphatic carbocycles. The number of hydrogen-bond acceptors (Lipinski definition) is 3. The summed E-state index contributed by atoms with van der Waals surface area (Å²) in [4.78, 5) is 21.8. The predicted octanol–water partition coefficient (Wildman–Crippen LogP) is 1.48. The van der Waals surface area contributed by atoms with Gasteiger partial charge in [-0.25, -0.2) is 4.79 Å². The van der Waals surface area contributed by atoms with Gasteiger partial charge < -0.3 is 4.74 Å². The summed E-state index contributed by atoms with van der Waals surface area (Å²) in [6.07, 6.45) is 0.750. The predicted molar refractivity (Wildman–Crippen MR) is 45.7 cm³/mol. The van der Waals surface area contributed by atoms with Crippen LogP contribution in [-0.4, -0.2) is 12.3 Å². The third-order valence-electron chi connectivity index (χ3n) is 2.24.